The maximum absolute atomic E-state index is 13.2. The van der Waals surface area contributed by atoms with Crippen molar-refractivity contribution in [2.45, 2.75) is 19.5 Å². The zero-order valence-corrected chi connectivity index (χ0v) is 14.9. The molecule has 0 unspecified atom stereocenters. The van der Waals surface area contributed by atoms with Gasteiger partial charge in [-0.15, -0.1) is 0 Å². The van der Waals surface area contributed by atoms with Crippen molar-refractivity contribution in [2.24, 2.45) is 7.05 Å². The van der Waals surface area contributed by atoms with Crippen LogP contribution in [0.25, 0.3) is 11.4 Å². The maximum atomic E-state index is 13.2. The maximum Gasteiger partial charge on any atom is 0.217 e. The summed E-state index contributed by atoms with van der Waals surface area (Å²) in [5.74, 6) is 1.33. The third kappa shape index (κ3) is 3.08. The van der Waals surface area contributed by atoms with Gasteiger partial charge in [0, 0.05) is 50.4 Å². The number of methoxy groups -OCH3 is 1. The van der Waals surface area contributed by atoms with Crippen LogP contribution in [0.15, 0.2) is 42.6 Å². The number of benzene rings is 1. The van der Waals surface area contributed by atoms with Gasteiger partial charge >= 0.3 is 0 Å². The molecule has 0 N–H and O–H groups in total. The van der Waals surface area contributed by atoms with Gasteiger partial charge in [-0.2, -0.15) is 0 Å². The van der Waals surface area contributed by atoms with E-state index in [4.69, 9.17) is 9.72 Å². The fourth-order valence-electron chi connectivity index (χ4n) is 3.50. The molecule has 6 heteroatoms. The average Bonchev–Trinajstić information content (AvgIpc) is 2.99. The number of pyridine rings is 1. The highest BCUT2D eigenvalue weighted by Gasteiger charge is 2.24. The molecule has 0 bridgehead atoms. The van der Waals surface area contributed by atoms with Crippen molar-refractivity contribution in [1.29, 1.82) is 0 Å². The predicted octanol–water partition coefficient (Wildman–Crippen LogP) is 3.19. The van der Waals surface area contributed by atoms with Crippen LogP contribution in [0, 0.1) is 5.82 Å². The molecule has 134 valence electrons. The van der Waals surface area contributed by atoms with Crippen molar-refractivity contribution in [1.82, 2.24) is 19.4 Å². The molecule has 4 rings (SSSR count). The minimum atomic E-state index is -0.232. The predicted molar refractivity (Wildman–Crippen MR) is 97.2 cm³/mol. The van der Waals surface area contributed by atoms with E-state index in [9.17, 15) is 4.39 Å². The van der Waals surface area contributed by atoms with Crippen molar-refractivity contribution in [2.75, 3.05) is 13.7 Å². The second-order valence-electron chi connectivity index (χ2n) is 6.53. The van der Waals surface area contributed by atoms with Crippen LogP contribution in [0.2, 0.25) is 0 Å². The van der Waals surface area contributed by atoms with Gasteiger partial charge in [-0.05, 0) is 30.3 Å². The summed E-state index contributed by atoms with van der Waals surface area (Å²) in [4.78, 5) is 11.5. The van der Waals surface area contributed by atoms with Gasteiger partial charge in [0.25, 0.3) is 0 Å². The summed E-state index contributed by atoms with van der Waals surface area (Å²) < 4.78 is 20.7. The lowest BCUT2D eigenvalue weighted by molar-refractivity contribution is 0.234. The molecule has 0 amide bonds. The zero-order valence-electron chi connectivity index (χ0n) is 14.9. The first-order valence-corrected chi connectivity index (χ1v) is 8.66. The van der Waals surface area contributed by atoms with Crippen molar-refractivity contribution < 1.29 is 9.13 Å². The highest BCUT2D eigenvalue weighted by molar-refractivity contribution is 5.57. The van der Waals surface area contributed by atoms with Gasteiger partial charge in [-0.3, -0.25) is 4.90 Å². The molecule has 0 fully saturated rings. The molecule has 26 heavy (non-hydrogen) atoms. The second-order valence-corrected chi connectivity index (χ2v) is 6.53. The minimum Gasteiger partial charge on any atom is -0.481 e. The van der Waals surface area contributed by atoms with E-state index in [-0.39, 0.29) is 5.82 Å². The highest BCUT2D eigenvalue weighted by Crippen LogP contribution is 2.27. The summed E-state index contributed by atoms with van der Waals surface area (Å²) in [7, 11) is 3.68. The topological polar surface area (TPSA) is 43.2 Å². The first kappa shape index (κ1) is 16.7. The Hall–Kier alpha value is -2.73. The van der Waals surface area contributed by atoms with Crippen LogP contribution in [0.3, 0.4) is 0 Å². The molecular weight excluding hydrogens is 331 g/mol. The average molecular weight is 352 g/mol. The smallest absolute Gasteiger partial charge is 0.217 e. The molecule has 1 aliphatic heterocycles. The Morgan fingerprint density at radius 3 is 2.77 bits per heavy atom. The van der Waals surface area contributed by atoms with Gasteiger partial charge in [0.2, 0.25) is 5.88 Å². The quantitative estimate of drug-likeness (QED) is 0.723. The van der Waals surface area contributed by atoms with Crippen LogP contribution in [-0.4, -0.2) is 33.1 Å². The molecule has 0 radical (unpaired) electrons. The number of fused-ring (bicyclic) bond motifs is 1. The zero-order chi connectivity index (χ0) is 18.1. The summed E-state index contributed by atoms with van der Waals surface area (Å²) in [6, 6.07) is 10.5. The van der Waals surface area contributed by atoms with E-state index in [1.54, 1.807) is 25.4 Å². The molecular formula is C20H21FN4O. The third-order valence-corrected chi connectivity index (χ3v) is 4.87. The Bertz CT molecular complexity index is 920. The summed E-state index contributed by atoms with van der Waals surface area (Å²) >= 11 is 0. The van der Waals surface area contributed by atoms with E-state index < -0.39 is 0 Å². The van der Waals surface area contributed by atoms with Crippen molar-refractivity contribution in [3.63, 3.8) is 0 Å². The number of imidazole rings is 1. The number of halogens is 1. The number of aromatic nitrogens is 3. The normalized spacial score (nSPS) is 14.3. The van der Waals surface area contributed by atoms with Crippen LogP contribution in [-0.2, 0) is 26.6 Å². The summed E-state index contributed by atoms with van der Waals surface area (Å²) in [6.45, 7) is 2.54. The number of nitrogens with zero attached hydrogens (tertiary/aromatic N) is 4. The molecule has 0 atom stereocenters. The Balaban J connectivity index is 1.58. The lowest BCUT2D eigenvalue weighted by atomic mass is 10.1. The number of ether oxygens (including phenoxy) is 1. The van der Waals surface area contributed by atoms with Crippen LogP contribution < -0.4 is 4.74 Å². The Morgan fingerprint density at radius 1 is 1.19 bits per heavy atom. The Labute approximate surface area is 152 Å². The van der Waals surface area contributed by atoms with E-state index in [0.717, 1.165) is 48.7 Å². The van der Waals surface area contributed by atoms with E-state index in [1.165, 1.54) is 17.8 Å². The highest BCUT2D eigenvalue weighted by atomic mass is 19.1. The molecule has 3 heterocycles. The van der Waals surface area contributed by atoms with Gasteiger partial charge in [-0.1, -0.05) is 6.07 Å². The van der Waals surface area contributed by atoms with Crippen LogP contribution >= 0.6 is 0 Å². The fourth-order valence-corrected chi connectivity index (χ4v) is 3.50. The molecule has 1 aromatic carbocycles. The van der Waals surface area contributed by atoms with Crippen LogP contribution in [0.1, 0.15) is 17.0 Å². The van der Waals surface area contributed by atoms with Crippen molar-refractivity contribution in [3.05, 3.63) is 65.4 Å². The molecule has 0 saturated heterocycles. The molecule has 1 aliphatic rings. The monoisotopic (exact) mass is 352 g/mol. The number of rotatable bonds is 4. The summed E-state index contributed by atoms with van der Waals surface area (Å²) in [6.07, 6.45) is 2.64. The van der Waals surface area contributed by atoms with Gasteiger partial charge in [-0.25, -0.2) is 14.4 Å². The first-order chi connectivity index (χ1) is 12.7. The van der Waals surface area contributed by atoms with Crippen molar-refractivity contribution >= 4 is 0 Å². The van der Waals surface area contributed by atoms with Gasteiger partial charge in [0.15, 0.2) is 0 Å². The molecule has 2 aromatic heterocycles. The lowest BCUT2D eigenvalue weighted by Gasteiger charge is -2.27. The van der Waals surface area contributed by atoms with Gasteiger partial charge in [0.05, 0.1) is 18.5 Å². The number of hydrogen-bond donors (Lipinski definition) is 0. The lowest BCUT2D eigenvalue weighted by Crippen LogP contribution is -2.31. The van der Waals surface area contributed by atoms with E-state index in [0.29, 0.717) is 5.88 Å². The molecule has 3 aromatic rings. The molecule has 0 saturated carbocycles. The van der Waals surface area contributed by atoms with Gasteiger partial charge in [0.1, 0.15) is 11.6 Å². The van der Waals surface area contributed by atoms with Crippen molar-refractivity contribution in [3.8, 4) is 17.3 Å². The third-order valence-electron chi connectivity index (χ3n) is 4.87. The Kier molecular flexibility index (Phi) is 4.42. The molecule has 0 spiro atoms. The Morgan fingerprint density at radius 2 is 2.00 bits per heavy atom. The van der Waals surface area contributed by atoms with Crippen LogP contribution in [0.4, 0.5) is 4.39 Å². The largest absolute Gasteiger partial charge is 0.481 e. The fraction of sp³-hybridized carbons (Fsp3) is 0.300. The minimum absolute atomic E-state index is 0.232. The van der Waals surface area contributed by atoms with E-state index in [2.05, 4.69) is 20.5 Å². The second kappa shape index (κ2) is 6.88. The van der Waals surface area contributed by atoms with Crippen LogP contribution in [0.5, 0.6) is 5.88 Å². The van der Waals surface area contributed by atoms with E-state index >= 15 is 0 Å². The summed E-state index contributed by atoms with van der Waals surface area (Å²) in [5.41, 5.74) is 4.35. The first-order valence-electron chi connectivity index (χ1n) is 8.66. The van der Waals surface area contributed by atoms with E-state index in [1.807, 2.05) is 13.1 Å². The standard InChI is InChI=1S/C20H21FN4O/c1-24-18-13-25(12-15-4-3-10-22-20(15)26-2)11-9-17(18)23-19(24)14-5-7-16(21)8-6-14/h3-8,10H,9,11-13H2,1-2H3. The SMILES string of the molecule is COc1ncccc1CN1CCc2nc(-c3ccc(F)cc3)n(C)c2C1. The van der Waals surface area contributed by atoms with Gasteiger partial charge < -0.3 is 9.30 Å². The number of hydrogen-bond acceptors (Lipinski definition) is 4. The molecule has 0 aliphatic carbocycles. The summed E-state index contributed by atoms with van der Waals surface area (Å²) in [5, 5.41) is 0. The molecule has 5 nitrogen and oxygen atoms in total.